The van der Waals surface area contributed by atoms with Crippen molar-refractivity contribution >= 4 is 23.6 Å². The van der Waals surface area contributed by atoms with Crippen LogP contribution in [0.4, 0.5) is 5.69 Å². The molecule has 0 aliphatic carbocycles. The predicted octanol–water partition coefficient (Wildman–Crippen LogP) is 1.80. The Labute approximate surface area is 147 Å². The summed E-state index contributed by atoms with van der Waals surface area (Å²) in [7, 11) is 0. The van der Waals surface area contributed by atoms with Gasteiger partial charge in [0.05, 0.1) is 4.92 Å². The average Bonchev–Trinajstić information content (AvgIpc) is 3.12. The third-order valence-corrected chi connectivity index (χ3v) is 3.46. The van der Waals surface area contributed by atoms with Crippen molar-refractivity contribution in [3.05, 3.63) is 69.8 Å². The minimum Gasteiger partial charge on any atom is -0.454 e. The van der Waals surface area contributed by atoms with Gasteiger partial charge in [-0.1, -0.05) is 6.07 Å². The van der Waals surface area contributed by atoms with Crippen molar-refractivity contribution in [2.45, 2.75) is 0 Å². The molecular formula is C17H13N3O6. The van der Waals surface area contributed by atoms with E-state index in [1.165, 1.54) is 30.3 Å². The molecule has 132 valence electrons. The molecule has 1 heterocycles. The molecule has 0 aromatic heterocycles. The Bertz CT molecular complexity index is 892. The van der Waals surface area contributed by atoms with Gasteiger partial charge in [0.1, 0.15) is 0 Å². The molecule has 3 rings (SSSR count). The number of hydrogen-bond acceptors (Lipinski definition) is 6. The molecule has 0 bridgehead atoms. The van der Waals surface area contributed by atoms with Crippen LogP contribution >= 0.6 is 0 Å². The van der Waals surface area contributed by atoms with Crippen LogP contribution in [0.5, 0.6) is 11.5 Å². The summed E-state index contributed by atoms with van der Waals surface area (Å²) in [5, 5.41) is 10.6. The molecule has 1 aliphatic rings. The first kappa shape index (κ1) is 17.0. The summed E-state index contributed by atoms with van der Waals surface area (Å²) >= 11 is 0. The molecule has 2 amide bonds. The number of nitrogens with zero attached hydrogens (tertiary/aromatic N) is 1. The Kier molecular flexibility index (Phi) is 4.79. The molecular weight excluding hydrogens is 342 g/mol. The zero-order chi connectivity index (χ0) is 18.5. The first-order valence-electron chi connectivity index (χ1n) is 7.45. The second-order valence-corrected chi connectivity index (χ2v) is 5.19. The number of hydrogen-bond donors (Lipinski definition) is 2. The van der Waals surface area contributed by atoms with Gasteiger partial charge in [0.2, 0.25) is 6.79 Å². The highest BCUT2D eigenvalue weighted by molar-refractivity contribution is 5.98. The van der Waals surface area contributed by atoms with Gasteiger partial charge in [0.25, 0.3) is 17.5 Å². The number of non-ortho nitro benzene ring substituents is 1. The maximum Gasteiger partial charge on any atom is 0.269 e. The van der Waals surface area contributed by atoms with Gasteiger partial charge >= 0.3 is 0 Å². The first-order chi connectivity index (χ1) is 12.5. The monoisotopic (exact) mass is 355 g/mol. The van der Waals surface area contributed by atoms with Gasteiger partial charge in [-0.2, -0.15) is 0 Å². The van der Waals surface area contributed by atoms with Crippen molar-refractivity contribution in [2.75, 3.05) is 6.79 Å². The third kappa shape index (κ3) is 3.96. The second-order valence-electron chi connectivity index (χ2n) is 5.19. The van der Waals surface area contributed by atoms with Crippen LogP contribution in [0.25, 0.3) is 6.08 Å². The van der Waals surface area contributed by atoms with Gasteiger partial charge in [-0.3, -0.25) is 30.6 Å². The topological polar surface area (TPSA) is 120 Å². The highest BCUT2D eigenvalue weighted by Gasteiger charge is 2.12. The number of benzene rings is 2. The molecule has 0 saturated heterocycles. The Morgan fingerprint density at radius 1 is 1.04 bits per heavy atom. The normalized spacial score (nSPS) is 12.0. The number of nitro benzene ring substituents is 1. The molecule has 1 aliphatic heterocycles. The van der Waals surface area contributed by atoms with Crippen molar-refractivity contribution in [1.82, 2.24) is 10.9 Å². The Balaban J connectivity index is 1.53. The van der Waals surface area contributed by atoms with Crippen molar-refractivity contribution in [3.63, 3.8) is 0 Å². The quantitative estimate of drug-likeness (QED) is 0.490. The van der Waals surface area contributed by atoms with Gasteiger partial charge in [-0.05, 0) is 35.9 Å². The fourth-order valence-corrected chi connectivity index (χ4v) is 2.16. The smallest absolute Gasteiger partial charge is 0.269 e. The van der Waals surface area contributed by atoms with E-state index in [1.807, 2.05) is 0 Å². The lowest BCUT2D eigenvalue weighted by molar-refractivity contribution is -0.384. The highest BCUT2D eigenvalue weighted by Crippen LogP contribution is 2.32. The number of nitrogens with one attached hydrogen (secondary N) is 2. The van der Waals surface area contributed by atoms with Crippen LogP contribution in [0.1, 0.15) is 15.9 Å². The number of hydrazine groups is 1. The number of nitro groups is 1. The molecule has 2 aromatic carbocycles. The lowest BCUT2D eigenvalue weighted by Gasteiger charge is -2.05. The zero-order valence-electron chi connectivity index (χ0n) is 13.3. The van der Waals surface area contributed by atoms with E-state index in [1.54, 1.807) is 24.3 Å². The number of rotatable bonds is 4. The molecule has 0 radical (unpaired) electrons. The van der Waals surface area contributed by atoms with E-state index >= 15 is 0 Å². The van der Waals surface area contributed by atoms with Crippen LogP contribution in [0.3, 0.4) is 0 Å². The largest absolute Gasteiger partial charge is 0.454 e. The first-order valence-corrected chi connectivity index (χ1v) is 7.45. The van der Waals surface area contributed by atoms with Crippen LogP contribution in [0, 0.1) is 10.1 Å². The maximum absolute atomic E-state index is 11.9. The maximum atomic E-state index is 11.9. The SMILES string of the molecule is O=C(/C=C/c1ccc2c(c1)OCO2)NNC(=O)c1ccc([N+](=O)[O-])cc1. The Morgan fingerprint density at radius 2 is 1.77 bits per heavy atom. The summed E-state index contributed by atoms with van der Waals surface area (Å²) in [6, 6.07) is 10.2. The summed E-state index contributed by atoms with van der Waals surface area (Å²) in [5.41, 5.74) is 5.22. The molecule has 9 nitrogen and oxygen atoms in total. The molecule has 9 heteroatoms. The van der Waals surface area contributed by atoms with Gasteiger partial charge < -0.3 is 9.47 Å². The van der Waals surface area contributed by atoms with Crippen LogP contribution in [0.2, 0.25) is 0 Å². The van der Waals surface area contributed by atoms with E-state index < -0.39 is 16.7 Å². The average molecular weight is 355 g/mol. The highest BCUT2D eigenvalue weighted by atomic mass is 16.7. The van der Waals surface area contributed by atoms with E-state index in [-0.39, 0.29) is 18.0 Å². The molecule has 2 N–H and O–H groups in total. The fourth-order valence-electron chi connectivity index (χ4n) is 2.16. The van der Waals surface area contributed by atoms with Gasteiger partial charge in [0, 0.05) is 23.8 Å². The van der Waals surface area contributed by atoms with E-state index in [0.29, 0.717) is 11.5 Å². The summed E-state index contributed by atoms with van der Waals surface area (Å²) in [6.45, 7) is 0.164. The van der Waals surface area contributed by atoms with Crippen LogP contribution in [0.15, 0.2) is 48.5 Å². The van der Waals surface area contributed by atoms with E-state index in [4.69, 9.17) is 9.47 Å². The second kappa shape index (κ2) is 7.34. The summed E-state index contributed by atoms with van der Waals surface area (Å²) < 4.78 is 10.4. The number of carbonyl (C=O) groups excluding carboxylic acids is 2. The molecule has 0 unspecified atom stereocenters. The molecule has 0 atom stereocenters. The number of ether oxygens (including phenoxy) is 2. The van der Waals surface area contributed by atoms with E-state index in [0.717, 1.165) is 5.56 Å². The van der Waals surface area contributed by atoms with Crippen molar-refractivity contribution in [3.8, 4) is 11.5 Å². The lowest BCUT2D eigenvalue weighted by atomic mass is 10.2. The predicted molar refractivity (Wildman–Crippen MR) is 90.3 cm³/mol. The molecule has 26 heavy (non-hydrogen) atoms. The molecule has 0 saturated carbocycles. The minimum atomic E-state index is -0.593. The van der Waals surface area contributed by atoms with E-state index in [2.05, 4.69) is 10.9 Å². The Hall–Kier alpha value is -3.88. The molecule has 0 spiro atoms. The van der Waals surface area contributed by atoms with Gasteiger partial charge in [-0.25, -0.2) is 0 Å². The fraction of sp³-hybridized carbons (Fsp3) is 0.0588. The number of amides is 2. The van der Waals surface area contributed by atoms with Crippen molar-refractivity contribution < 1.29 is 24.0 Å². The lowest BCUT2D eigenvalue weighted by Crippen LogP contribution is -2.40. The molecule has 0 fully saturated rings. The number of fused-ring (bicyclic) bond motifs is 1. The van der Waals surface area contributed by atoms with Gasteiger partial charge in [0.15, 0.2) is 11.5 Å². The molecule has 2 aromatic rings. The summed E-state index contributed by atoms with van der Waals surface area (Å²) in [5.74, 6) is 0.101. The zero-order valence-corrected chi connectivity index (χ0v) is 13.3. The van der Waals surface area contributed by atoms with Gasteiger partial charge in [-0.15, -0.1) is 0 Å². The van der Waals surface area contributed by atoms with Crippen LogP contribution in [-0.4, -0.2) is 23.5 Å². The van der Waals surface area contributed by atoms with Crippen LogP contribution in [-0.2, 0) is 4.79 Å². The van der Waals surface area contributed by atoms with Crippen molar-refractivity contribution in [2.24, 2.45) is 0 Å². The minimum absolute atomic E-state index is 0.128. The summed E-state index contributed by atoms with van der Waals surface area (Å²) in [6.07, 6.45) is 2.79. The standard InChI is InChI=1S/C17H13N3O6/c21-16(8-2-11-1-7-14-15(9-11)26-10-25-14)18-19-17(22)12-3-5-13(6-4-12)20(23)24/h1-9H,10H2,(H,18,21)(H,19,22)/b8-2+. The summed E-state index contributed by atoms with van der Waals surface area (Å²) in [4.78, 5) is 33.7. The van der Waals surface area contributed by atoms with Crippen molar-refractivity contribution in [1.29, 1.82) is 0 Å². The van der Waals surface area contributed by atoms with Crippen LogP contribution < -0.4 is 20.3 Å². The van der Waals surface area contributed by atoms with E-state index in [9.17, 15) is 19.7 Å². The third-order valence-electron chi connectivity index (χ3n) is 3.46. The Morgan fingerprint density at radius 3 is 2.50 bits per heavy atom. The number of carbonyl (C=O) groups is 2.